The maximum Gasteiger partial charge on any atom is 0.363 e. The van der Waals surface area contributed by atoms with E-state index in [1.807, 2.05) is 0 Å². The minimum absolute atomic E-state index is 0.00853. The van der Waals surface area contributed by atoms with E-state index >= 15 is 0 Å². The lowest BCUT2D eigenvalue weighted by Crippen LogP contribution is -2.06. The topological polar surface area (TPSA) is 81.8 Å². The van der Waals surface area contributed by atoms with Crippen LogP contribution in [0.25, 0.3) is 6.08 Å². The molecular formula is C16H8ClFN2O4. The van der Waals surface area contributed by atoms with Crippen LogP contribution in [0.1, 0.15) is 11.1 Å². The van der Waals surface area contributed by atoms with E-state index in [1.165, 1.54) is 48.5 Å². The number of nitrogens with zero attached hydrogens (tertiary/aromatic N) is 2. The standard InChI is InChI=1S/C16H8ClFN2O4/c17-12-6-3-10(8-14(12)20(22)23)15-19-13(16(21)24-15)7-9-1-4-11(18)5-2-9/h1-8H/b13-7+. The molecule has 1 heterocycles. The quantitative estimate of drug-likeness (QED) is 0.367. The van der Waals surface area contributed by atoms with Gasteiger partial charge in [0, 0.05) is 11.6 Å². The molecule has 0 N–H and O–H groups in total. The lowest BCUT2D eigenvalue weighted by Gasteiger charge is -2.00. The van der Waals surface area contributed by atoms with Gasteiger partial charge >= 0.3 is 5.97 Å². The number of carbonyl (C=O) groups is 1. The van der Waals surface area contributed by atoms with Gasteiger partial charge < -0.3 is 4.74 Å². The number of hydrogen-bond acceptors (Lipinski definition) is 5. The number of hydrogen-bond donors (Lipinski definition) is 0. The molecule has 0 atom stereocenters. The molecule has 0 radical (unpaired) electrons. The van der Waals surface area contributed by atoms with Crippen LogP contribution in [-0.4, -0.2) is 16.8 Å². The van der Waals surface area contributed by atoms with Crippen molar-refractivity contribution in [3.8, 4) is 0 Å². The number of benzene rings is 2. The van der Waals surface area contributed by atoms with E-state index in [0.717, 1.165) is 0 Å². The summed E-state index contributed by atoms with van der Waals surface area (Å²) in [5.41, 5.74) is 0.510. The highest BCUT2D eigenvalue weighted by molar-refractivity contribution is 6.32. The number of rotatable bonds is 3. The zero-order valence-electron chi connectivity index (χ0n) is 11.9. The predicted octanol–water partition coefficient (Wildman–Crippen LogP) is 3.73. The molecule has 2 aromatic rings. The molecule has 1 aliphatic rings. The highest BCUT2D eigenvalue weighted by Gasteiger charge is 2.26. The summed E-state index contributed by atoms with van der Waals surface area (Å²) in [4.78, 5) is 26.2. The van der Waals surface area contributed by atoms with Gasteiger partial charge in [-0.05, 0) is 35.9 Å². The minimum Gasteiger partial charge on any atom is -0.402 e. The summed E-state index contributed by atoms with van der Waals surface area (Å²) in [6.07, 6.45) is 1.43. The van der Waals surface area contributed by atoms with Crippen LogP contribution < -0.4 is 0 Å². The molecule has 3 rings (SSSR count). The number of carbonyl (C=O) groups excluding carboxylic acids is 1. The van der Waals surface area contributed by atoms with Gasteiger partial charge in [0.1, 0.15) is 10.8 Å². The van der Waals surface area contributed by atoms with Crippen molar-refractivity contribution >= 4 is 35.2 Å². The molecule has 0 amide bonds. The summed E-state index contributed by atoms with van der Waals surface area (Å²) in [5, 5.41) is 10.9. The maximum atomic E-state index is 12.9. The molecule has 2 aromatic carbocycles. The Hall–Kier alpha value is -3.06. The average Bonchev–Trinajstić information content (AvgIpc) is 2.90. The molecule has 24 heavy (non-hydrogen) atoms. The van der Waals surface area contributed by atoms with Gasteiger partial charge in [-0.3, -0.25) is 10.1 Å². The minimum atomic E-state index is -0.702. The van der Waals surface area contributed by atoms with Crippen molar-refractivity contribution in [1.82, 2.24) is 0 Å². The summed E-state index contributed by atoms with van der Waals surface area (Å²) in [6.45, 7) is 0. The molecule has 0 saturated carbocycles. The van der Waals surface area contributed by atoms with E-state index in [2.05, 4.69) is 4.99 Å². The number of halogens is 2. The fraction of sp³-hybridized carbons (Fsp3) is 0. The molecular weight excluding hydrogens is 339 g/mol. The molecule has 0 bridgehead atoms. The Kier molecular flexibility index (Phi) is 4.09. The highest BCUT2D eigenvalue weighted by Crippen LogP contribution is 2.27. The van der Waals surface area contributed by atoms with Crippen LogP contribution in [-0.2, 0) is 9.53 Å². The molecule has 6 nitrogen and oxygen atoms in total. The molecule has 0 fully saturated rings. The van der Waals surface area contributed by atoms with Crippen LogP contribution in [0.15, 0.2) is 53.2 Å². The smallest absolute Gasteiger partial charge is 0.363 e. The Morgan fingerprint density at radius 2 is 1.92 bits per heavy atom. The lowest BCUT2D eigenvalue weighted by molar-refractivity contribution is -0.384. The van der Waals surface area contributed by atoms with Gasteiger partial charge in [-0.25, -0.2) is 14.2 Å². The monoisotopic (exact) mass is 346 g/mol. The number of cyclic esters (lactones) is 1. The van der Waals surface area contributed by atoms with Gasteiger partial charge in [0.05, 0.1) is 4.92 Å². The molecule has 0 aromatic heterocycles. The Balaban J connectivity index is 1.96. The van der Waals surface area contributed by atoms with Crippen molar-refractivity contribution in [2.45, 2.75) is 0 Å². The third-order valence-corrected chi connectivity index (χ3v) is 3.50. The van der Waals surface area contributed by atoms with Crippen molar-refractivity contribution in [3.05, 3.63) is 80.2 Å². The Labute approximate surface area is 140 Å². The summed E-state index contributed by atoms with van der Waals surface area (Å²) in [5.74, 6) is -1.16. The first-order valence-electron chi connectivity index (χ1n) is 6.66. The number of ether oxygens (including phenoxy) is 1. The van der Waals surface area contributed by atoms with E-state index in [9.17, 15) is 19.3 Å². The van der Waals surface area contributed by atoms with E-state index in [4.69, 9.17) is 16.3 Å². The average molecular weight is 347 g/mol. The van der Waals surface area contributed by atoms with Crippen LogP contribution in [0, 0.1) is 15.9 Å². The number of nitro groups is 1. The second kappa shape index (κ2) is 6.21. The van der Waals surface area contributed by atoms with Crippen LogP contribution >= 0.6 is 11.6 Å². The van der Waals surface area contributed by atoms with Gasteiger partial charge in [0.25, 0.3) is 5.69 Å². The van der Waals surface area contributed by atoms with E-state index in [1.54, 1.807) is 0 Å². The van der Waals surface area contributed by atoms with Crippen LogP contribution in [0.4, 0.5) is 10.1 Å². The molecule has 0 aliphatic carbocycles. The fourth-order valence-corrected chi connectivity index (χ4v) is 2.22. The van der Waals surface area contributed by atoms with Gasteiger partial charge in [0.2, 0.25) is 5.90 Å². The molecule has 0 unspecified atom stereocenters. The number of aliphatic imine (C=N–C) groups is 1. The summed E-state index contributed by atoms with van der Waals surface area (Å²) in [7, 11) is 0. The van der Waals surface area contributed by atoms with Crippen molar-refractivity contribution in [3.63, 3.8) is 0 Å². The third-order valence-electron chi connectivity index (χ3n) is 3.18. The highest BCUT2D eigenvalue weighted by atomic mass is 35.5. The Morgan fingerprint density at radius 1 is 1.21 bits per heavy atom. The number of esters is 1. The van der Waals surface area contributed by atoms with Crippen molar-refractivity contribution in [2.75, 3.05) is 0 Å². The Bertz CT molecular complexity index is 907. The summed E-state index contributed by atoms with van der Waals surface area (Å²) in [6, 6.07) is 9.43. The fourth-order valence-electron chi connectivity index (χ4n) is 2.04. The second-order valence-electron chi connectivity index (χ2n) is 4.81. The molecule has 1 aliphatic heterocycles. The van der Waals surface area contributed by atoms with E-state index < -0.39 is 16.7 Å². The van der Waals surface area contributed by atoms with Gasteiger partial charge in [-0.2, -0.15) is 0 Å². The van der Waals surface area contributed by atoms with Crippen LogP contribution in [0.5, 0.6) is 0 Å². The third kappa shape index (κ3) is 3.16. The summed E-state index contributed by atoms with van der Waals surface area (Å²) < 4.78 is 17.9. The first kappa shape index (κ1) is 15.8. The number of nitro benzene ring substituents is 1. The molecule has 8 heteroatoms. The van der Waals surface area contributed by atoms with Crippen LogP contribution in [0.2, 0.25) is 5.02 Å². The Morgan fingerprint density at radius 3 is 2.58 bits per heavy atom. The maximum absolute atomic E-state index is 12.9. The van der Waals surface area contributed by atoms with Crippen molar-refractivity contribution in [1.29, 1.82) is 0 Å². The van der Waals surface area contributed by atoms with E-state index in [-0.39, 0.29) is 27.9 Å². The predicted molar refractivity (Wildman–Crippen MR) is 85.1 cm³/mol. The van der Waals surface area contributed by atoms with Gasteiger partial charge in [-0.1, -0.05) is 23.7 Å². The first-order chi connectivity index (χ1) is 11.4. The van der Waals surface area contributed by atoms with Crippen LogP contribution in [0.3, 0.4) is 0 Å². The molecule has 0 saturated heterocycles. The second-order valence-corrected chi connectivity index (χ2v) is 5.22. The van der Waals surface area contributed by atoms with Crippen molar-refractivity contribution in [2.24, 2.45) is 4.99 Å². The zero-order valence-corrected chi connectivity index (χ0v) is 12.7. The van der Waals surface area contributed by atoms with E-state index in [0.29, 0.717) is 5.56 Å². The zero-order chi connectivity index (χ0) is 17.3. The SMILES string of the molecule is O=C1OC(c2ccc(Cl)c([N+](=O)[O-])c2)=N/C1=C/c1ccc(F)cc1. The summed E-state index contributed by atoms with van der Waals surface area (Å²) >= 11 is 5.74. The lowest BCUT2D eigenvalue weighted by atomic mass is 10.2. The largest absolute Gasteiger partial charge is 0.402 e. The first-order valence-corrected chi connectivity index (χ1v) is 7.04. The van der Waals surface area contributed by atoms with Crippen molar-refractivity contribution < 1.29 is 18.8 Å². The molecule has 0 spiro atoms. The normalized spacial score (nSPS) is 15.3. The van der Waals surface area contributed by atoms with Gasteiger partial charge in [-0.15, -0.1) is 0 Å². The van der Waals surface area contributed by atoms with Gasteiger partial charge in [0.15, 0.2) is 5.70 Å². The molecule has 120 valence electrons.